The first kappa shape index (κ1) is 17.4. The van der Waals surface area contributed by atoms with Crippen LogP contribution in [0, 0.1) is 10.1 Å². The summed E-state index contributed by atoms with van der Waals surface area (Å²) in [6.07, 6.45) is -4.83. The van der Waals surface area contributed by atoms with Crippen molar-refractivity contribution < 1.29 is 26.5 Å². The highest BCUT2D eigenvalue weighted by Gasteiger charge is 2.74. The van der Waals surface area contributed by atoms with Gasteiger partial charge in [-0.15, -0.1) is 0 Å². The van der Waals surface area contributed by atoms with E-state index in [1.807, 2.05) is 0 Å². The highest BCUT2D eigenvalue weighted by Crippen LogP contribution is 2.56. The second-order valence-corrected chi connectivity index (χ2v) is 7.35. The zero-order chi connectivity index (χ0) is 18.5. The van der Waals surface area contributed by atoms with Gasteiger partial charge in [0.2, 0.25) is 10.0 Å². The summed E-state index contributed by atoms with van der Waals surface area (Å²) in [6.45, 7) is -0.772. The highest BCUT2D eigenvalue weighted by atomic mass is 32.2. The van der Waals surface area contributed by atoms with Gasteiger partial charge in [-0.25, -0.2) is 8.42 Å². The normalized spacial score (nSPS) is 23.2. The molecule has 0 N–H and O–H groups in total. The van der Waals surface area contributed by atoms with Crippen molar-refractivity contribution in [1.82, 2.24) is 4.31 Å². The summed E-state index contributed by atoms with van der Waals surface area (Å²) >= 11 is 0. The minimum absolute atomic E-state index is 0.198. The van der Waals surface area contributed by atoms with Crippen molar-refractivity contribution in [3.63, 3.8) is 0 Å². The number of sulfonamides is 1. The number of hydrogen-bond acceptors (Lipinski definition) is 4. The molecule has 2 unspecified atom stereocenters. The maximum Gasteiger partial charge on any atom is 0.413 e. The molecule has 2 aromatic rings. The predicted octanol–water partition coefficient (Wildman–Crippen LogP) is 3.06. The highest BCUT2D eigenvalue weighted by molar-refractivity contribution is 7.89. The second kappa shape index (κ2) is 5.53. The van der Waals surface area contributed by atoms with Gasteiger partial charge < -0.3 is 0 Å². The fourth-order valence-electron chi connectivity index (χ4n) is 2.69. The number of halogens is 3. The molecule has 0 amide bonds. The first-order valence-corrected chi connectivity index (χ1v) is 8.44. The first-order valence-electron chi connectivity index (χ1n) is 7.00. The lowest BCUT2D eigenvalue weighted by molar-refractivity contribution is -0.385. The van der Waals surface area contributed by atoms with Crippen molar-refractivity contribution in [3.05, 3.63) is 70.3 Å². The van der Waals surface area contributed by atoms with Crippen LogP contribution in [0.2, 0.25) is 0 Å². The maximum atomic E-state index is 13.7. The Labute approximate surface area is 140 Å². The molecule has 2 aromatic carbocycles. The van der Waals surface area contributed by atoms with Gasteiger partial charge in [0, 0.05) is 18.7 Å². The number of nitrogens with zero attached hydrogens (tertiary/aromatic N) is 2. The predicted molar refractivity (Wildman–Crippen MR) is 81.2 cm³/mol. The summed E-state index contributed by atoms with van der Waals surface area (Å²) in [6, 6.07) is 10.7. The lowest BCUT2D eigenvalue weighted by Gasteiger charge is -2.21. The van der Waals surface area contributed by atoms with Crippen molar-refractivity contribution in [1.29, 1.82) is 0 Å². The standard InChI is InChI=1S/C15H11F3N2O4S/c16-15(17,18)14(11-5-2-1-3-6-11)10-19(14)25(23,24)13-8-4-7-12(9-13)20(21)22/h1-9H,10H2. The summed E-state index contributed by atoms with van der Waals surface area (Å²) in [7, 11) is -4.55. The van der Waals surface area contributed by atoms with E-state index >= 15 is 0 Å². The largest absolute Gasteiger partial charge is 0.413 e. The molecule has 0 aromatic heterocycles. The minimum atomic E-state index is -4.83. The van der Waals surface area contributed by atoms with Crippen LogP contribution < -0.4 is 0 Å². The van der Waals surface area contributed by atoms with E-state index in [9.17, 15) is 31.7 Å². The number of non-ortho nitro benzene ring substituents is 1. The molecular weight excluding hydrogens is 361 g/mol. The number of alkyl halides is 3. The molecule has 3 rings (SSSR count). The van der Waals surface area contributed by atoms with Gasteiger partial charge in [0.15, 0.2) is 5.54 Å². The van der Waals surface area contributed by atoms with Crippen LogP contribution in [0.5, 0.6) is 0 Å². The fourth-order valence-corrected chi connectivity index (χ4v) is 4.44. The molecule has 0 spiro atoms. The third kappa shape index (κ3) is 2.67. The Hall–Kier alpha value is -2.46. The van der Waals surface area contributed by atoms with Gasteiger partial charge in [-0.3, -0.25) is 10.1 Å². The Morgan fingerprint density at radius 3 is 2.28 bits per heavy atom. The minimum Gasteiger partial charge on any atom is -0.258 e. The molecule has 1 aliphatic heterocycles. The van der Waals surface area contributed by atoms with Crippen LogP contribution in [-0.4, -0.2) is 30.4 Å². The van der Waals surface area contributed by atoms with Crippen LogP contribution in [0.1, 0.15) is 5.56 Å². The molecule has 10 heteroatoms. The monoisotopic (exact) mass is 372 g/mol. The maximum absolute atomic E-state index is 13.7. The van der Waals surface area contributed by atoms with Crippen molar-refractivity contribution in [3.8, 4) is 0 Å². The molecule has 0 radical (unpaired) electrons. The molecule has 132 valence electrons. The third-order valence-electron chi connectivity index (χ3n) is 4.03. The van der Waals surface area contributed by atoms with Crippen LogP contribution in [0.25, 0.3) is 0 Å². The average Bonchev–Trinajstić information content (AvgIpc) is 3.33. The number of nitro benzene ring substituents is 1. The summed E-state index contributed by atoms with van der Waals surface area (Å²) in [5.41, 5.74) is -3.37. The quantitative estimate of drug-likeness (QED) is 0.469. The molecule has 0 bridgehead atoms. The van der Waals surface area contributed by atoms with Gasteiger partial charge >= 0.3 is 6.18 Å². The van der Waals surface area contributed by atoms with Crippen molar-refractivity contribution in [2.75, 3.05) is 6.54 Å². The summed E-state index contributed by atoms with van der Waals surface area (Å²) in [5, 5.41) is 10.8. The number of rotatable bonds is 4. The molecule has 1 heterocycles. The molecule has 1 saturated heterocycles. The Morgan fingerprint density at radius 1 is 1.08 bits per heavy atom. The van der Waals surface area contributed by atoms with E-state index in [4.69, 9.17) is 0 Å². The average molecular weight is 372 g/mol. The molecule has 2 atom stereocenters. The van der Waals surface area contributed by atoms with E-state index in [1.165, 1.54) is 30.3 Å². The van der Waals surface area contributed by atoms with Crippen molar-refractivity contribution in [2.24, 2.45) is 0 Å². The summed E-state index contributed by atoms with van der Waals surface area (Å²) < 4.78 is 66.5. The van der Waals surface area contributed by atoms with Gasteiger partial charge in [0.1, 0.15) is 0 Å². The van der Waals surface area contributed by atoms with Crippen LogP contribution >= 0.6 is 0 Å². The van der Waals surface area contributed by atoms with Gasteiger partial charge in [-0.2, -0.15) is 17.5 Å². The molecule has 25 heavy (non-hydrogen) atoms. The Kier molecular flexibility index (Phi) is 3.84. The zero-order valence-corrected chi connectivity index (χ0v) is 13.3. The van der Waals surface area contributed by atoms with E-state index in [-0.39, 0.29) is 5.56 Å². The number of benzene rings is 2. The molecule has 6 nitrogen and oxygen atoms in total. The van der Waals surface area contributed by atoms with Gasteiger partial charge in [-0.05, 0) is 11.6 Å². The van der Waals surface area contributed by atoms with E-state index in [1.54, 1.807) is 0 Å². The second-order valence-electron chi connectivity index (χ2n) is 5.49. The van der Waals surface area contributed by atoms with Gasteiger partial charge in [-0.1, -0.05) is 36.4 Å². The van der Waals surface area contributed by atoms with Gasteiger partial charge in [0.25, 0.3) is 5.69 Å². The Morgan fingerprint density at radius 2 is 1.72 bits per heavy atom. The van der Waals surface area contributed by atoms with E-state index < -0.39 is 43.8 Å². The van der Waals surface area contributed by atoms with Crippen molar-refractivity contribution in [2.45, 2.75) is 16.6 Å². The number of hydrogen-bond donors (Lipinski definition) is 0. The fraction of sp³-hybridized carbons (Fsp3) is 0.200. The van der Waals surface area contributed by atoms with Crippen LogP contribution in [-0.2, 0) is 15.6 Å². The molecular formula is C15H11F3N2O4S. The topological polar surface area (TPSA) is 80.3 Å². The smallest absolute Gasteiger partial charge is 0.258 e. The SMILES string of the molecule is O=[N+]([O-])c1cccc(S(=O)(=O)N2CC2(c2ccccc2)C(F)(F)F)c1. The van der Waals surface area contributed by atoms with E-state index in [2.05, 4.69) is 0 Å². The van der Waals surface area contributed by atoms with E-state index in [0.29, 0.717) is 4.31 Å². The van der Waals surface area contributed by atoms with Crippen LogP contribution in [0.3, 0.4) is 0 Å². The zero-order valence-electron chi connectivity index (χ0n) is 12.5. The molecule has 0 saturated carbocycles. The Balaban J connectivity index is 2.08. The van der Waals surface area contributed by atoms with Crippen LogP contribution in [0.4, 0.5) is 18.9 Å². The summed E-state index contributed by atoms with van der Waals surface area (Å²) in [4.78, 5) is 9.43. The van der Waals surface area contributed by atoms with E-state index in [0.717, 1.165) is 24.3 Å². The lowest BCUT2D eigenvalue weighted by atomic mass is 9.99. The van der Waals surface area contributed by atoms with Crippen molar-refractivity contribution >= 4 is 15.7 Å². The molecule has 1 fully saturated rings. The Bertz CT molecular complexity index is 931. The molecule has 0 aliphatic carbocycles. The molecule has 1 aliphatic rings. The van der Waals surface area contributed by atoms with Crippen LogP contribution in [0.15, 0.2) is 59.5 Å². The lowest BCUT2D eigenvalue weighted by Crippen LogP contribution is -2.36. The third-order valence-corrected chi connectivity index (χ3v) is 5.90. The van der Waals surface area contributed by atoms with Gasteiger partial charge in [0.05, 0.1) is 9.82 Å². The first-order chi connectivity index (χ1) is 11.6. The number of nitro groups is 1. The summed E-state index contributed by atoms with van der Waals surface area (Å²) in [5.74, 6) is 0.